The van der Waals surface area contributed by atoms with Crippen LogP contribution in [0.15, 0.2) is 0 Å². The second-order valence-electron chi connectivity index (χ2n) is 5.43. The Morgan fingerprint density at radius 3 is 2.13 bits per heavy atom. The summed E-state index contributed by atoms with van der Waals surface area (Å²) in [7, 11) is 0. The maximum atomic E-state index is 11.1. The second-order valence-corrected chi connectivity index (χ2v) is 5.43. The van der Waals surface area contributed by atoms with Gasteiger partial charge in [-0.25, -0.2) is 0 Å². The highest BCUT2D eigenvalue weighted by Gasteiger charge is 2.76. The van der Waals surface area contributed by atoms with E-state index in [-0.39, 0.29) is 11.3 Å². The minimum atomic E-state index is -1.35. The molecule has 0 aromatic carbocycles. The predicted octanol–water partition coefficient (Wildman–Crippen LogP) is 0.145. The monoisotopic (exact) mass is 213 g/mol. The van der Waals surface area contributed by atoms with Gasteiger partial charge in [-0.3, -0.25) is 9.59 Å². The Morgan fingerprint density at radius 2 is 1.80 bits per heavy atom. The maximum Gasteiger partial charge on any atom is 0.324 e. The van der Waals surface area contributed by atoms with Gasteiger partial charge in [0.1, 0.15) is 5.54 Å². The Bertz CT molecular complexity index is 351. The van der Waals surface area contributed by atoms with E-state index in [9.17, 15) is 9.59 Å². The molecule has 0 heterocycles. The number of carboxylic acids is 2. The number of carboxylic acid groups (broad SMARTS) is 2. The molecule has 0 aromatic rings. The third-order valence-corrected chi connectivity index (χ3v) is 3.95. The van der Waals surface area contributed by atoms with E-state index in [0.29, 0.717) is 6.42 Å². The first kappa shape index (κ1) is 10.4. The van der Waals surface area contributed by atoms with Gasteiger partial charge in [-0.15, -0.1) is 0 Å². The first-order valence-corrected chi connectivity index (χ1v) is 4.97. The summed E-state index contributed by atoms with van der Waals surface area (Å²) in [6.07, 6.45) is 0.356. The fourth-order valence-electron chi connectivity index (χ4n) is 3.44. The fourth-order valence-corrected chi connectivity index (χ4v) is 3.44. The molecule has 0 aromatic heterocycles. The van der Waals surface area contributed by atoms with E-state index in [1.165, 1.54) is 0 Å². The standard InChI is InChI=1S/C10H15NO4/c1-9(2)3-10(11,8(14)15)6-4(5(6)9)7(12)13/h4-6H,3,11H2,1-2H3,(H,12,13)(H,14,15)/t4-,5-,6+,10-/m0/s1. The molecule has 2 rings (SSSR count). The third kappa shape index (κ3) is 1.13. The van der Waals surface area contributed by atoms with Crippen LogP contribution in [0.25, 0.3) is 0 Å². The van der Waals surface area contributed by atoms with Crippen molar-refractivity contribution >= 4 is 11.9 Å². The molecule has 84 valence electrons. The molecule has 2 saturated carbocycles. The Labute approximate surface area is 87.3 Å². The van der Waals surface area contributed by atoms with Crippen molar-refractivity contribution in [2.24, 2.45) is 28.9 Å². The number of nitrogens with two attached hydrogens (primary N) is 1. The van der Waals surface area contributed by atoms with E-state index >= 15 is 0 Å². The van der Waals surface area contributed by atoms with Crippen LogP contribution in [0.4, 0.5) is 0 Å². The summed E-state index contributed by atoms with van der Waals surface area (Å²) >= 11 is 0. The van der Waals surface area contributed by atoms with Gasteiger partial charge in [0.05, 0.1) is 5.92 Å². The van der Waals surface area contributed by atoms with Gasteiger partial charge < -0.3 is 15.9 Å². The zero-order chi connectivity index (χ0) is 11.6. The van der Waals surface area contributed by atoms with E-state index in [1.54, 1.807) is 0 Å². The average molecular weight is 213 g/mol. The van der Waals surface area contributed by atoms with Crippen molar-refractivity contribution in [3.05, 3.63) is 0 Å². The van der Waals surface area contributed by atoms with Crippen LogP contribution < -0.4 is 5.73 Å². The molecule has 4 N–H and O–H groups in total. The number of fused-ring (bicyclic) bond motifs is 1. The number of aliphatic carboxylic acids is 2. The molecule has 0 saturated heterocycles. The maximum absolute atomic E-state index is 11.1. The number of carbonyl (C=O) groups is 2. The quantitative estimate of drug-likeness (QED) is 0.606. The summed E-state index contributed by atoms with van der Waals surface area (Å²) in [6, 6.07) is 0. The van der Waals surface area contributed by atoms with Gasteiger partial charge >= 0.3 is 11.9 Å². The summed E-state index contributed by atoms with van der Waals surface area (Å²) in [5.41, 5.74) is 4.19. The van der Waals surface area contributed by atoms with Crippen molar-refractivity contribution in [2.75, 3.05) is 0 Å². The van der Waals surface area contributed by atoms with E-state index in [0.717, 1.165) is 0 Å². The lowest BCUT2D eigenvalue weighted by Crippen LogP contribution is -2.50. The molecule has 0 spiro atoms. The highest BCUT2D eigenvalue weighted by Crippen LogP contribution is 2.69. The summed E-state index contributed by atoms with van der Waals surface area (Å²) < 4.78 is 0. The Hall–Kier alpha value is -1.10. The number of rotatable bonds is 2. The summed E-state index contributed by atoms with van der Waals surface area (Å²) in [6.45, 7) is 3.79. The van der Waals surface area contributed by atoms with Gasteiger partial charge in [0, 0.05) is 5.92 Å². The molecule has 4 atom stereocenters. The summed E-state index contributed by atoms with van der Waals surface area (Å²) in [4.78, 5) is 22.0. The SMILES string of the molecule is CC1(C)C[C@@](N)(C(=O)O)[C@@H]2[C@@H](C(=O)O)[C@@H]21. The van der Waals surface area contributed by atoms with Crippen LogP contribution in [-0.4, -0.2) is 27.7 Å². The van der Waals surface area contributed by atoms with Crippen molar-refractivity contribution in [3.8, 4) is 0 Å². The molecule has 0 radical (unpaired) electrons. The normalized spacial score (nSPS) is 45.9. The highest BCUT2D eigenvalue weighted by molar-refractivity contribution is 5.85. The van der Waals surface area contributed by atoms with Gasteiger partial charge in [-0.05, 0) is 17.8 Å². The molecule has 2 aliphatic carbocycles. The Kier molecular flexibility index (Phi) is 1.75. The minimum absolute atomic E-state index is 0.0869. The second kappa shape index (κ2) is 2.52. The van der Waals surface area contributed by atoms with Crippen LogP contribution in [0.3, 0.4) is 0 Å². The van der Waals surface area contributed by atoms with Gasteiger partial charge in [-0.2, -0.15) is 0 Å². The van der Waals surface area contributed by atoms with Crippen molar-refractivity contribution in [1.29, 1.82) is 0 Å². The molecule has 15 heavy (non-hydrogen) atoms. The van der Waals surface area contributed by atoms with Gasteiger partial charge in [0.25, 0.3) is 0 Å². The molecule has 2 fully saturated rings. The van der Waals surface area contributed by atoms with Crippen molar-refractivity contribution in [3.63, 3.8) is 0 Å². The molecular weight excluding hydrogens is 198 g/mol. The fraction of sp³-hybridized carbons (Fsp3) is 0.800. The van der Waals surface area contributed by atoms with Gasteiger partial charge in [-0.1, -0.05) is 13.8 Å². The van der Waals surface area contributed by atoms with E-state index < -0.39 is 29.3 Å². The van der Waals surface area contributed by atoms with Gasteiger partial charge in [0.15, 0.2) is 0 Å². The molecule has 5 heteroatoms. The lowest BCUT2D eigenvalue weighted by atomic mass is 9.79. The van der Waals surface area contributed by atoms with Crippen LogP contribution in [0.2, 0.25) is 0 Å². The van der Waals surface area contributed by atoms with E-state index in [4.69, 9.17) is 15.9 Å². The van der Waals surface area contributed by atoms with Crippen molar-refractivity contribution < 1.29 is 19.8 Å². The molecule has 0 bridgehead atoms. The lowest BCUT2D eigenvalue weighted by molar-refractivity contribution is -0.146. The van der Waals surface area contributed by atoms with Crippen LogP contribution in [0, 0.1) is 23.2 Å². The van der Waals surface area contributed by atoms with Crippen LogP contribution in [-0.2, 0) is 9.59 Å². The van der Waals surface area contributed by atoms with Crippen molar-refractivity contribution in [2.45, 2.75) is 25.8 Å². The van der Waals surface area contributed by atoms with Crippen LogP contribution in [0.1, 0.15) is 20.3 Å². The Morgan fingerprint density at radius 1 is 1.27 bits per heavy atom. The topological polar surface area (TPSA) is 101 Å². The molecular formula is C10H15NO4. The first-order valence-electron chi connectivity index (χ1n) is 4.97. The first-order chi connectivity index (χ1) is 6.72. The van der Waals surface area contributed by atoms with Crippen molar-refractivity contribution in [1.82, 2.24) is 0 Å². The lowest BCUT2D eigenvalue weighted by Gasteiger charge is -2.28. The molecule has 5 nitrogen and oxygen atoms in total. The smallest absolute Gasteiger partial charge is 0.324 e. The van der Waals surface area contributed by atoms with Crippen LogP contribution >= 0.6 is 0 Å². The largest absolute Gasteiger partial charge is 0.481 e. The number of hydrogen-bond donors (Lipinski definition) is 3. The predicted molar refractivity (Wildman–Crippen MR) is 51.1 cm³/mol. The molecule has 0 aliphatic heterocycles. The molecule has 0 unspecified atom stereocenters. The number of hydrogen-bond acceptors (Lipinski definition) is 3. The van der Waals surface area contributed by atoms with E-state index in [2.05, 4.69) is 0 Å². The highest BCUT2D eigenvalue weighted by atomic mass is 16.4. The molecule has 2 aliphatic rings. The van der Waals surface area contributed by atoms with E-state index in [1.807, 2.05) is 13.8 Å². The summed E-state index contributed by atoms with van der Waals surface area (Å²) in [5.74, 6) is -3.06. The molecule has 0 amide bonds. The Balaban J connectivity index is 2.35. The average Bonchev–Trinajstić information content (AvgIpc) is 2.72. The van der Waals surface area contributed by atoms with Crippen LogP contribution in [0.5, 0.6) is 0 Å². The zero-order valence-electron chi connectivity index (χ0n) is 8.73. The third-order valence-electron chi connectivity index (χ3n) is 3.95. The minimum Gasteiger partial charge on any atom is -0.481 e. The summed E-state index contributed by atoms with van der Waals surface area (Å²) in [5, 5.41) is 18.0. The zero-order valence-corrected chi connectivity index (χ0v) is 8.73. The van der Waals surface area contributed by atoms with Gasteiger partial charge in [0.2, 0.25) is 0 Å².